The van der Waals surface area contributed by atoms with Gasteiger partial charge in [-0.15, -0.1) is 0 Å². The molecule has 114 valence electrons. The van der Waals surface area contributed by atoms with E-state index in [0.717, 1.165) is 35.4 Å². The number of fused-ring (bicyclic) bond motifs is 1. The normalized spacial score (nSPS) is 19.1. The van der Waals surface area contributed by atoms with Gasteiger partial charge in [-0.05, 0) is 28.8 Å². The predicted octanol–water partition coefficient (Wildman–Crippen LogP) is 3.69. The average Bonchev–Trinajstić information content (AvgIpc) is 3.03. The number of aryl methyl sites for hydroxylation is 1. The second-order valence-corrected chi connectivity index (χ2v) is 6.65. The largest absolute Gasteiger partial charge is 0.369 e. The predicted molar refractivity (Wildman–Crippen MR) is 87.7 cm³/mol. The number of halogens is 1. The molecule has 0 saturated carbocycles. The van der Waals surface area contributed by atoms with Gasteiger partial charge in [0, 0.05) is 31.3 Å². The smallest absolute Gasteiger partial charge is 0.139 e. The zero-order valence-corrected chi connectivity index (χ0v) is 14.4. The number of rotatable bonds is 4. The van der Waals surface area contributed by atoms with Gasteiger partial charge in [0.1, 0.15) is 5.82 Å². The summed E-state index contributed by atoms with van der Waals surface area (Å²) in [5.74, 6) is 1.58. The molecule has 2 atom stereocenters. The molecule has 2 unspecified atom stereocenters. The molecule has 0 fully saturated rings. The maximum Gasteiger partial charge on any atom is 0.139 e. The molecule has 2 aromatic rings. The van der Waals surface area contributed by atoms with Crippen molar-refractivity contribution in [3.63, 3.8) is 0 Å². The van der Waals surface area contributed by atoms with E-state index in [4.69, 9.17) is 5.10 Å². The second-order valence-electron chi connectivity index (χ2n) is 5.86. The molecule has 0 radical (unpaired) electrons. The van der Waals surface area contributed by atoms with Gasteiger partial charge in [-0.3, -0.25) is 4.68 Å². The minimum Gasteiger partial charge on any atom is -0.369 e. The first-order chi connectivity index (χ1) is 10.1. The number of anilines is 1. The molecule has 6 heteroatoms. The Hall–Kier alpha value is -1.30. The minimum absolute atomic E-state index is 0.272. The number of nitrogens with zero attached hydrogens (tertiary/aromatic N) is 4. The van der Waals surface area contributed by atoms with Crippen LogP contribution >= 0.6 is 15.9 Å². The van der Waals surface area contributed by atoms with Crippen LogP contribution in [-0.4, -0.2) is 26.1 Å². The highest BCUT2D eigenvalue weighted by Gasteiger charge is 2.28. The molecule has 0 bridgehead atoms. The van der Waals surface area contributed by atoms with E-state index in [0.29, 0.717) is 5.92 Å². The lowest BCUT2D eigenvalue weighted by molar-refractivity contribution is 0.472. The van der Waals surface area contributed by atoms with E-state index in [1.807, 2.05) is 17.9 Å². The topological polar surface area (TPSA) is 47.7 Å². The highest BCUT2D eigenvalue weighted by atomic mass is 79.9. The lowest BCUT2D eigenvalue weighted by Gasteiger charge is -2.25. The van der Waals surface area contributed by atoms with Gasteiger partial charge in [-0.1, -0.05) is 20.3 Å². The Morgan fingerprint density at radius 2 is 2.33 bits per heavy atom. The number of hydrogen-bond acceptors (Lipinski definition) is 3. The molecule has 5 nitrogen and oxygen atoms in total. The molecule has 3 rings (SSSR count). The van der Waals surface area contributed by atoms with Crippen molar-refractivity contribution in [3.8, 4) is 0 Å². The Morgan fingerprint density at radius 3 is 3.00 bits per heavy atom. The molecule has 0 aliphatic carbocycles. The van der Waals surface area contributed by atoms with E-state index in [2.05, 4.69) is 51.1 Å². The lowest BCUT2D eigenvalue weighted by Crippen LogP contribution is -2.24. The molecule has 0 saturated heterocycles. The fraction of sp³-hybridized carbons (Fsp3) is 0.600. The third-order valence-electron chi connectivity index (χ3n) is 4.18. The van der Waals surface area contributed by atoms with Gasteiger partial charge in [0.05, 0.1) is 22.4 Å². The molecule has 1 aliphatic heterocycles. The fourth-order valence-corrected chi connectivity index (χ4v) is 3.86. The maximum absolute atomic E-state index is 4.91. The van der Waals surface area contributed by atoms with Crippen molar-refractivity contribution in [2.45, 2.75) is 45.1 Å². The summed E-state index contributed by atoms with van der Waals surface area (Å²) in [4.78, 5) is 0. The molecule has 1 aliphatic rings. The van der Waals surface area contributed by atoms with Gasteiger partial charge in [-0.25, -0.2) is 4.68 Å². The van der Waals surface area contributed by atoms with Crippen LogP contribution in [0.15, 0.2) is 16.9 Å². The van der Waals surface area contributed by atoms with Crippen molar-refractivity contribution in [2.75, 3.05) is 11.9 Å². The molecule has 3 heterocycles. The van der Waals surface area contributed by atoms with E-state index in [1.165, 1.54) is 12.0 Å². The van der Waals surface area contributed by atoms with Crippen LogP contribution in [0.4, 0.5) is 5.82 Å². The highest BCUT2D eigenvalue weighted by Crippen LogP contribution is 2.39. The molecular weight excluding hydrogens is 330 g/mol. The summed E-state index contributed by atoms with van der Waals surface area (Å²) in [6.45, 7) is 5.43. The van der Waals surface area contributed by atoms with E-state index in [1.54, 1.807) is 0 Å². The fourth-order valence-electron chi connectivity index (χ4n) is 3.07. The summed E-state index contributed by atoms with van der Waals surface area (Å²) < 4.78 is 5.11. The van der Waals surface area contributed by atoms with Crippen molar-refractivity contribution < 1.29 is 0 Å². The first-order valence-corrected chi connectivity index (χ1v) is 8.41. The van der Waals surface area contributed by atoms with Crippen LogP contribution in [-0.2, 0) is 7.05 Å². The second kappa shape index (κ2) is 5.83. The van der Waals surface area contributed by atoms with Crippen LogP contribution in [0, 0.1) is 0 Å². The third kappa shape index (κ3) is 2.61. The van der Waals surface area contributed by atoms with Crippen LogP contribution < -0.4 is 5.32 Å². The zero-order chi connectivity index (χ0) is 15.0. The minimum atomic E-state index is 0.272. The Labute approximate surface area is 133 Å². The lowest BCUT2D eigenvalue weighted by atomic mass is 10.0. The van der Waals surface area contributed by atoms with Crippen LogP contribution in [0.3, 0.4) is 0 Å². The standard InChI is InChI=1S/C15H22BrN5/c1-4-5-10(2)14-13(16)15-17-7-6-12(21(15)19-14)11-8-18-20(3)9-11/h8-10,12,17H,4-7H2,1-3H3. The Balaban J connectivity index is 2.00. The van der Waals surface area contributed by atoms with E-state index in [9.17, 15) is 0 Å². The number of aromatic nitrogens is 4. The van der Waals surface area contributed by atoms with Gasteiger partial charge in [0.15, 0.2) is 0 Å². The average molecular weight is 352 g/mol. The van der Waals surface area contributed by atoms with Crippen molar-refractivity contribution in [1.82, 2.24) is 19.6 Å². The summed E-state index contributed by atoms with van der Waals surface area (Å²) in [5.41, 5.74) is 2.39. The van der Waals surface area contributed by atoms with E-state index in [-0.39, 0.29) is 6.04 Å². The van der Waals surface area contributed by atoms with E-state index < -0.39 is 0 Å². The maximum atomic E-state index is 4.91. The molecule has 0 amide bonds. The van der Waals surface area contributed by atoms with Gasteiger partial charge < -0.3 is 5.32 Å². The Kier molecular flexibility index (Phi) is 4.06. The molecule has 21 heavy (non-hydrogen) atoms. The summed E-state index contributed by atoms with van der Waals surface area (Å²) in [6, 6.07) is 0.272. The Morgan fingerprint density at radius 1 is 1.52 bits per heavy atom. The number of nitrogens with one attached hydrogen (secondary N) is 1. The van der Waals surface area contributed by atoms with E-state index >= 15 is 0 Å². The quantitative estimate of drug-likeness (QED) is 0.913. The van der Waals surface area contributed by atoms with Crippen LogP contribution in [0.25, 0.3) is 0 Å². The highest BCUT2D eigenvalue weighted by molar-refractivity contribution is 9.10. The zero-order valence-electron chi connectivity index (χ0n) is 12.8. The van der Waals surface area contributed by atoms with Crippen molar-refractivity contribution in [1.29, 1.82) is 0 Å². The summed E-state index contributed by atoms with van der Waals surface area (Å²) in [5, 5.41) is 12.7. The monoisotopic (exact) mass is 351 g/mol. The first-order valence-electron chi connectivity index (χ1n) is 7.62. The third-order valence-corrected chi connectivity index (χ3v) is 4.96. The summed E-state index contributed by atoms with van der Waals surface area (Å²) in [6.07, 6.45) is 7.41. The molecular formula is C15H22BrN5. The SMILES string of the molecule is CCCC(C)c1nn2c(c1Br)NCCC2c1cnn(C)c1. The summed E-state index contributed by atoms with van der Waals surface area (Å²) in [7, 11) is 1.96. The van der Waals surface area contributed by atoms with Crippen LogP contribution in [0.5, 0.6) is 0 Å². The Bertz CT molecular complexity index is 630. The van der Waals surface area contributed by atoms with Crippen LogP contribution in [0.2, 0.25) is 0 Å². The van der Waals surface area contributed by atoms with Gasteiger partial charge in [0.2, 0.25) is 0 Å². The molecule has 0 aromatic carbocycles. The summed E-state index contributed by atoms with van der Waals surface area (Å²) >= 11 is 3.75. The number of hydrogen-bond donors (Lipinski definition) is 1. The van der Waals surface area contributed by atoms with Crippen molar-refractivity contribution in [2.24, 2.45) is 7.05 Å². The first kappa shape index (κ1) is 14.6. The van der Waals surface area contributed by atoms with Crippen LogP contribution in [0.1, 0.15) is 56.3 Å². The molecule has 0 spiro atoms. The van der Waals surface area contributed by atoms with Crippen molar-refractivity contribution >= 4 is 21.7 Å². The van der Waals surface area contributed by atoms with Gasteiger partial charge in [-0.2, -0.15) is 10.2 Å². The molecule has 2 aromatic heterocycles. The van der Waals surface area contributed by atoms with Crippen molar-refractivity contribution in [3.05, 3.63) is 28.1 Å². The van der Waals surface area contributed by atoms with Gasteiger partial charge in [0.25, 0.3) is 0 Å². The molecule has 1 N–H and O–H groups in total. The van der Waals surface area contributed by atoms with Gasteiger partial charge >= 0.3 is 0 Å².